The third kappa shape index (κ3) is 3.86. The maximum atomic E-state index is 12.0. The van der Waals surface area contributed by atoms with Gasteiger partial charge in [0.15, 0.2) is 5.03 Å². The molecule has 0 aliphatic carbocycles. The van der Waals surface area contributed by atoms with Crippen LogP contribution >= 0.6 is 0 Å². The molecule has 2 N–H and O–H groups in total. The second-order valence-corrected chi connectivity index (χ2v) is 6.07. The smallest absolute Gasteiger partial charge is 0.337 e. The summed E-state index contributed by atoms with van der Waals surface area (Å²) in [5.41, 5.74) is 0.846. The summed E-state index contributed by atoms with van der Waals surface area (Å²) in [7, 11) is -1.97. The van der Waals surface area contributed by atoms with Gasteiger partial charge in [0.05, 0.1) is 11.8 Å². The molecule has 112 valence electrons. The molecule has 0 aliphatic rings. The summed E-state index contributed by atoms with van der Waals surface area (Å²) in [6.45, 7) is 0.205. The Kier molecular flexibility index (Phi) is 4.34. The highest BCUT2D eigenvalue weighted by Gasteiger charge is 2.16. The minimum atomic E-state index is -3.75. The van der Waals surface area contributed by atoms with Gasteiger partial charge in [-0.2, -0.15) is 5.10 Å². The van der Waals surface area contributed by atoms with Crippen LogP contribution in [0.25, 0.3) is 0 Å². The van der Waals surface area contributed by atoms with E-state index in [-0.39, 0.29) is 17.1 Å². The van der Waals surface area contributed by atoms with Gasteiger partial charge in [-0.3, -0.25) is 4.68 Å². The molecule has 2 aromatic heterocycles. The number of aryl methyl sites for hydroxylation is 1. The van der Waals surface area contributed by atoms with Crippen LogP contribution in [-0.2, 0) is 23.5 Å². The van der Waals surface area contributed by atoms with Crippen LogP contribution in [0.15, 0.2) is 35.7 Å². The Balaban J connectivity index is 1.99. The lowest BCUT2D eigenvalue weighted by molar-refractivity contribution is 0.0696. The molecule has 8 nitrogen and oxygen atoms in total. The van der Waals surface area contributed by atoms with Gasteiger partial charge in [0.25, 0.3) is 10.0 Å². The molecule has 0 aromatic carbocycles. The number of sulfonamides is 1. The minimum absolute atomic E-state index is 0.0655. The minimum Gasteiger partial charge on any atom is -0.478 e. The summed E-state index contributed by atoms with van der Waals surface area (Å²) < 4.78 is 28.0. The van der Waals surface area contributed by atoms with Crippen LogP contribution in [0.2, 0.25) is 0 Å². The number of rotatable bonds is 6. The summed E-state index contributed by atoms with van der Waals surface area (Å²) >= 11 is 0. The van der Waals surface area contributed by atoms with Crippen LogP contribution in [0, 0.1) is 0 Å². The van der Waals surface area contributed by atoms with Crippen LogP contribution in [0.1, 0.15) is 15.9 Å². The maximum absolute atomic E-state index is 12.0. The van der Waals surface area contributed by atoms with Crippen LogP contribution in [0.4, 0.5) is 0 Å². The predicted molar refractivity (Wildman–Crippen MR) is 73.3 cm³/mol. The van der Waals surface area contributed by atoms with Crippen LogP contribution < -0.4 is 4.72 Å². The molecule has 0 spiro atoms. The first-order valence-corrected chi connectivity index (χ1v) is 7.53. The Bertz CT molecular complexity index is 737. The number of carboxylic acid groups (broad SMARTS) is 1. The fourth-order valence-corrected chi connectivity index (χ4v) is 2.63. The number of aromatic nitrogens is 3. The van der Waals surface area contributed by atoms with Crippen molar-refractivity contribution in [1.29, 1.82) is 0 Å². The third-order valence-electron chi connectivity index (χ3n) is 2.72. The second-order valence-electron chi connectivity index (χ2n) is 4.36. The lowest BCUT2D eigenvalue weighted by Crippen LogP contribution is -2.26. The van der Waals surface area contributed by atoms with E-state index in [2.05, 4.69) is 14.8 Å². The highest BCUT2D eigenvalue weighted by atomic mass is 32.2. The van der Waals surface area contributed by atoms with E-state index in [1.165, 1.54) is 6.07 Å². The fourth-order valence-electron chi connectivity index (χ4n) is 1.67. The van der Waals surface area contributed by atoms with E-state index in [9.17, 15) is 13.2 Å². The maximum Gasteiger partial charge on any atom is 0.337 e. The Morgan fingerprint density at radius 1 is 1.38 bits per heavy atom. The first-order chi connectivity index (χ1) is 9.88. The normalized spacial score (nSPS) is 11.5. The van der Waals surface area contributed by atoms with E-state index < -0.39 is 16.0 Å². The largest absolute Gasteiger partial charge is 0.478 e. The van der Waals surface area contributed by atoms with Crippen molar-refractivity contribution in [3.8, 4) is 0 Å². The average molecular weight is 310 g/mol. The lowest BCUT2D eigenvalue weighted by atomic mass is 10.3. The molecule has 0 atom stereocenters. The molecule has 21 heavy (non-hydrogen) atoms. The molecule has 0 amide bonds. The van der Waals surface area contributed by atoms with Crippen LogP contribution in [-0.4, -0.2) is 40.8 Å². The Hall–Kier alpha value is -2.26. The number of nitrogens with one attached hydrogen (secondary N) is 1. The van der Waals surface area contributed by atoms with Gasteiger partial charge in [-0.1, -0.05) is 0 Å². The summed E-state index contributed by atoms with van der Waals surface area (Å²) in [4.78, 5) is 14.3. The zero-order valence-electron chi connectivity index (χ0n) is 11.2. The number of carboxylic acids is 1. The lowest BCUT2D eigenvalue weighted by Gasteiger charge is -2.05. The van der Waals surface area contributed by atoms with Crippen molar-refractivity contribution >= 4 is 16.0 Å². The number of hydrogen-bond acceptors (Lipinski definition) is 5. The van der Waals surface area contributed by atoms with Gasteiger partial charge in [0.2, 0.25) is 0 Å². The summed E-state index contributed by atoms with van der Waals surface area (Å²) in [6, 6.07) is 2.36. The predicted octanol–water partition coefficient (Wildman–Crippen LogP) is 0.0343. The van der Waals surface area contributed by atoms with Crippen molar-refractivity contribution in [3.63, 3.8) is 0 Å². The van der Waals surface area contributed by atoms with E-state index in [1.807, 2.05) is 0 Å². The molecule has 9 heteroatoms. The van der Waals surface area contributed by atoms with Crippen LogP contribution in [0.3, 0.4) is 0 Å². The van der Waals surface area contributed by atoms with E-state index in [1.54, 1.807) is 24.1 Å². The van der Waals surface area contributed by atoms with Crippen molar-refractivity contribution in [2.45, 2.75) is 11.4 Å². The molecule has 0 saturated heterocycles. The average Bonchev–Trinajstić information content (AvgIpc) is 2.84. The number of pyridine rings is 1. The van der Waals surface area contributed by atoms with Gasteiger partial charge in [-0.05, 0) is 24.1 Å². The standard InChI is InChI=1S/C12H14N4O4S/c1-16-8-9(6-14-16)4-5-15-21(19,20)11-3-2-10(7-13-11)12(17)18/h2-3,6-8,15H,4-5H2,1H3,(H,17,18). The van der Waals surface area contributed by atoms with Gasteiger partial charge in [0.1, 0.15) is 0 Å². The quantitative estimate of drug-likeness (QED) is 0.778. The molecule has 2 heterocycles. The van der Waals surface area contributed by atoms with Gasteiger partial charge < -0.3 is 5.11 Å². The zero-order chi connectivity index (χ0) is 15.5. The van der Waals surface area contributed by atoms with Crippen molar-refractivity contribution in [1.82, 2.24) is 19.5 Å². The fraction of sp³-hybridized carbons (Fsp3) is 0.250. The number of aromatic carboxylic acids is 1. The van der Waals surface area contributed by atoms with E-state index in [0.717, 1.165) is 17.8 Å². The van der Waals surface area contributed by atoms with Gasteiger partial charge in [-0.25, -0.2) is 22.9 Å². The second kappa shape index (κ2) is 6.02. The van der Waals surface area contributed by atoms with E-state index in [0.29, 0.717) is 6.42 Å². The van der Waals surface area contributed by atoms with E-state index in [4.69, 9.17) is 5.11 Å². The molecule has 2 rings (SSSR count). The Morgan fingerprint density at radius 3 is 2.67 bits per heavy atom. The monoisotopic (exact) mass is 310 g/mol. The van der Waals surface area contributed by atoms with Gasteiger partial charge >= 0.3 is 5.97 Å². The van der Waals surface area contributed by atoms with Gasteiger partial charge in [-0.15, -0.1) is 0 Å². The molecule has 0 fully saturated rings. The number of nitrogens with zero attached hydrogens (tertiary/aromatic N) is 3. The SMILES string of the molecule is Cn1cc(CCNS(=O)(=O)c2ccc(C(=O)O)cn2)cn1. The molecule has 0 bridgehead atoms. The third-order valence-corrected chi connectivity index (χ3v) is 4.10. The number of carbonyl (C=O) groups is 1. The molecule has 0 unspecified atom stereocenters. The number of hydrogen-bond donors (Lipinski definition) is 2. The van der Waals surface area contributed by atoms with E-state index >= 15 is 0 Å². The first kappa shape index (κ1) is 15.1. The molecule has 2 aromatic rings. The molecular formula is C12H14N4O4S. The summed E-state index contributed by atoms with van der Waals surface area (Å²) in [5, 5.41) is 12.5. The van der Waals surface area contributed by atoms with Crippen LogP contribution in [0.5, 0.6) is 0 Å². The summed E-state index contributed by atoms with van der Waals surface area (Å²) in [6.07, 6.45) is 4.97. The van der Waals surface area contributed by atoms with Crippen molar-refractivity contribution in [2.75, 3.05) is 6.54 Å². The summed E-state index contributed by atoms with van der Waals surface area (Å²) in [5.74, 6) is -1.16. The van der Waals surface area contributed by atoms with Crippen molar-refractivity contribution < 1.29 is 18.3 Å². The topological polar surface area (TPSA) is 114 Å². The highest BCUT2D eigenvalue weighted by molar-refractivity contribution is 7.89. The first-order valence-electron chi connectivity index (χ1n) is 6.05. The highest BCUT2D eigenvalue weighted by Crippen LogP contribution is 2.07. The molecule has 0 radical (unpaired) electrons. The zero-order valence-corrected chi connectivity index (χ0v) is 12.0. The Morgan fingerprint density at radius 2 is 2.14 bits per heavy atom. The molecule has 0 saturated carbocycles. The molecule has 0 aliphatic heterocycles. The van der Waals surface area contributed by atoms with Gasteiger partial charge in [0, 0.05) is 26.0 Å². The van der Waals surface area contributed by atoms with Crippen molar-refractivity contribution in [2.24, 2.45) is 7.05 Å². The Labute approximate surface area is 121 Å². The molecular weight excluding hydrogens is 296 g/mol. The van der Waals surface area contributed by atoms with Crippen molar-refractivity contribution in [3.05, 3.63) is 41.9 Å².